The molecule has 4 rings (SSSR count). The Morgan fingerprint density at radius 1 is 1.03 bits per heavy atom. The van der Waals surface area contributed by atoms with Gasteiger partial charge in [0.2, 0.25) is 0 Å². The van der Waals surface area contributed by atoms with E-state index in [1.807, 2.05) is 27.3 Å². The molecular formula is C20H12ClF2IN2O4S. The van der Waals surface area contributed by atoms with Gasteiger partial charge in [0.25, 0.3) is 15.9 Å². The Bertz CT molecular complexity index is 1370. The van der Waals surface area contributed by atoms with Crippen molar-refractivity contribution in [1.82, 2.24) is 5.32 Å². The van der Waals surface area contributed by atoms with Crippen LogP contribution in [0.2, 0.25) is 5.02 Å². The van der Waals surface area contributed by atoms with Crippen LogP contribution in [-0.4, -0.2) is 19.4 Å². The van der Waals surface area contributed by atoms with Crippen LogP contribution in [0.15, 0.2) is 47.4 Å². The molecule has 0 unspecified atom stereocenters. The lowest BCUT2D eigenvalue weighted by molar-refractivity contribution is 0.0950. The lowest BCUT2D eigenvalue weighted by atomic mass is 9.98. The van der Waals surface area contributed by atoms with E-state index in [2.05, 4.69) is 5.32 Å². The van der Waals surface area contributed by atoms with Crippen LogP contribution >= 0.6 is 34.2 Å². The number of amides is 1. The molecule has 3 N–H and O–H groups in total. The summed E-state index contributed by atoms with van der Waals surface area (Å²) in [4.78, 5) is 11.9. The number of carbonyl (C=O) groups is 1. The van der Waals surface area contributed by atoms with Gasteiger partial charge in [0.15, 0.2) is 5.75 Å². The van der Waals surface area contributed by atoms with E-state index < -0.39 is 43.9 Å². The van der Waals surface area contributed by atoms with Gasteiger partial charge in [-0.05, 0) is 64.0 Å². The molecule has 31 heavy (non-hydrogen) atoms. The standard InChI is InChI=1S/C20H12ClF2IN2O4S/c21-14-3-10-4-18(19(14)27)31(29,30)26-17-6-13(15(22)7-16(17)23)12-5-11(24)2-1-9(12)8-25-20(10)28/h1-7,26-27H,8H2,(H,25,28). The molecule has 3 aromatic carbocycles. The van der Waals surface area contributed by atoms with Crippen LogP contribution in [0.4, 0.5) is 14.5 Å². The molecule has 0 aromatic heterocycles. The van der Waals surface area contributed by atoms with Gasteiger partial charge in [-0.1, -0.05) is 17.7 Å². The number of hydrogen-bond acceptors (Lipinski definition) is 4. The first-order valence-electron chi connectivity index (χ1n) is 8.68. The Morgan fingerprint density at radius 3 is 2.52 bits per heavy atom. The van der Waals surface area contributed by atoms with Gasteiger partial charge >= 0.3 is 0 Å². The molecule has 0 radical (unpaired) electrons. The SMILES string of the molecule is O=C1NCc2ccc(I)cc2-c2cc(c(F)cc2F)NS(=O)(=O)c2cc1cc(Cl)c2O. The van der Waals surface area contributed by atoms with Gasteiger partial charge in [0.1, 0.15) is 16.5 Å². The van der Waals surface area contributed by atoms with E-state index in [9.17, 15) is 27.1 Å². The molecule has 4 bridgehead atoms. The summed E-state index contributed by atoms with van der Waals surface area (Å²) in [5.41, 5.74) is 0.165. The number of sulfonamides is 1. The highest BCUT2D eigenvalue weighted by atomic mass is 127. The molecule has 0 aliphatic carbocycles. The summed E-state index contributed by atoms with van der Waals surface area (Å²) in [7, 11) is -4.58. The second-order valence-corrected chi connectivity index (χ2v) is 10.0. The van der Waals surface area contributed by atoms with Crippen molar-refractivity contribution in [1.29, 1.82) is 0 Å². The highest BCUT2D eigenvalue weighted by molar-refractivity contribution is 14.1. The summed E-state index contributed by atoms with van der Waals surface area (Å²) in [6, 6.07) is 8.70. The third kappa shape index (κ3) is 4.06. The van der Waals surface area contributed by atoms with Crippen molar-refractivity contribution in [3.63, 3.8) is 0 Å². The molecule has 0 fully saturated rings. The summed E-state index contributed by atoms with van der Waals surface area (Å²) < 4.78 is 57.6. The third-order valence-electron chi connectivity index (χ3n) is 4.68. The quantitative estimate of drug-likeness (QED) is 0.340. The number of nitrogens with one attached hydrogen (secondary N) is 2. The van der Waals surface area contributed by atoms with Gasteiger partial charge in [-0.2, -0.15) is 0 Å². The topological polar surface area (TPSA) is 95.5 Å². The first-order valence-corrected chi connectivity index (χ1v) is 11.6. The molecule has 6 nitrogen and oxygen atoms in total. The van der Waals surface area contributed by atoms with Crippen LogP contribution in [0.1, 0.15) is 15.9 Å². The van der Waals surface area contributed by atoms with Crippen LogP contribution in [0.3, 0.4) is 0 Å². The third-order valence-corrected chi connectivity index (χ3v) is 7.02. The highest BCUT2D eigenvalue weighted by Crippen LogP contribution is 2.36. The molecule has 11 heteroatoms. The fourth-order valence-electron chi connectivity index (χ4n) is 3.17. The molecule has 0 spiro atoms. The van der Waals surface area contributed by atoms with Crippen LogP contribution in [0.5, 0.6) is 5.75 Å². The summed E-state index contributed by atoms with van der Waals surface area (Å²) in [6.45, 7) is -0.0226. The smallest absolute Gasteiger partial charge is 0.265 e. The van der Waals surface area contributed by atoms with Crippen molar-refractivity contribution in [2.24, 2.45) is 0 Å². The lowest BCUT2D eigenvalue weighted by Crippen LogP contribution is -2.23. The van der Waals surface area contributed by atoms with Crippen molar-refractivity contribution in [3.05, 3.63) is 73.8 Å². The average molecular weight is 577 g/mol. The van der Waals surface area contributed by atoms with Crippen molar-refractivity contribution < 1.29 is 27.1 Å². The summed E-state index contributed by atoms with van der Waals surface area (Å²) >= 11 is 7.94. The lowest BCUT2D eigenvalue weighted by Gasteiger charge is -2.14. The number of carbonyl (C=O) groups excluding carboxylic acids is 1. The van der Waals surface area contributed by atoms with Gasteiger partial charge in [-0.3, -0.25) is 9.52 Å². The Labute approximate surface area is 194 Å². The fraction of sp³-hybridized carbons (Fsp3) is 0.0500. The molecular weight excluding hydrogens is 565 g/mol. The first kappa shape index (κ1) is 21.8. The van der Waals surface area contributed by atoms with Crippen molar-refractivity contribution in [3.8, 4) is 16.9 Å². The highest BCUT2D eigenvalue weighted by Gasteiger charge is 2.26. The Balaban J connectivity index is 2.02. The predicted octanol–water partition coefficient (Wildman–Crippen LogP) is 4.64. The van der Waals surface area contributed by atoms with Crippen molar-refractivity contribution in [2.45, 2.75) is 11.4 Å². The zero-order valence-electron chi connectivity index (χ0n) is 15.3. The van der Waals surface area contributed by atoms with Gasteiger partial charge < -0.3 is 10.4 Å². The molecule has 160 valence electrons. The number of anilines is 1. The normalized spacial score (nSPS) is 14.9. The maximum absolute atomic E-state index is 14.7. The van der Waals surface area contributed by atoms with Crippen LogP contribution in [0, 0.1) is 15.2 Å². The molecule has 1 aliphatic rings. The number of rotatable bonds is 0. The molecule has 3 aromatic rings. The Kier molecular flexibility index (Phi) is 5.56. The minimum Gasteiger partial charge on any atom is -0.505 e. The fourth-order valence-corrected chi connectivity index (χ4v) is 5.14. The van der Waals surface area contributed by atoms with E-state index in [-0.39, 0.29) is 22.7 Å². The molecule has 0 saturated carbocycles. The van der Waals surface area contributed by atoms with E-state index in [1.54, 1.807) is 18.2 Å². The van der Waals surface area contributed by atoms with E-state index >= 15 is 0 Å². The molecule has 1 aliphatic heterocycles. The zero-order valence-corrected chi connectivity index (χ0v) is 19.1. The number of phenolic OH excluding ortho intramolecular Hbond substituents is 1. The number of hydrogen-bond donors (Lipinski definition) is 3. The Hall–Kier alpha value is -2.44. The van der Waals surface area contributed by atoms with Crippen LogP contribution in [0.25, 0.3) is 11.1 Å². The van der Waals surface area contributed by atoms with E-state index in [0.29, 0.717) is 17.2 Å². The second kappa shape index (κ2) is 7.92. The number of halogens is 4. The van der Waals surface area contributed by atoms with Crippen LogP contribution < -0.4 is 10.0 Å². The number of fused-ring (bicyclic) bond motifs is 6. The minimum atomic E-state index is -4.58. The maximum atomic E-state index is 14.7. The number of aromatic hydroxyl groups is 1. The largest absolute Gasteiger partial charge is 0.505 e. The summed E-state index contributed by atoms with van der Waals surface area (Å²) in [5, 5.41) is 12.4. The van der Waals surface area contributed by atoms with Crippen molar-refractivity contribution in [2.75, 3.05) is 4.72 Å². The first-order chi connectivity index (χ1) is 14.6. The second-order valence-electron chi connectivity index (χ2n) is 6.71. The maximum Gasteiger partial charge on any atom is 0.265 e. The number of phenols is 1. The zero-order chi connectivity index (χ0) is 22.5. The van der Waals surface area contributed by atoms with Gasteiger partial charge in [0.05, 0.1) is 10.7 Å². The molecule has 0 saturated heterocycles. The Morgan fingerprint density at radius 2 is 1.77 bits per heavy atom. The minimum absolute atomic E-state index is 0.0226. The molecule has 1 amide bonds. The molecule has 1 heterocycles. The van der Waals surface area contributed by atoms with Gasteiger partial charge in [0, 0.05) is 27.3 Å². The summed E-state index contributed by atoms with van der Waals surface area (Å²) in [5.74, 6) is -3.53. The van der Waals surface area contributed by atoms with E-state index in [0.717, 1.165) is 21.8 Å². The average Bonchev–Trinajstić information content (AvgIpc) is 2.70. The van der Waals surface area contributed by atoms with E-state index in [1.165, 1.54) is 0 Å². The number of benzene rings is 3. The van der Waals surface area contributed by atoms with Gasteiger partial charge in [-0.25, -0.2) is 17.2 Å². The predicted molar refractivity (Wildman–Crippen MR) is 120 cm³/mol. The van der Waals surface area contributed by atoms with Gasteiger partial charge in [-0.15, -0.1) is 0 Å². The molecule has 0 atom stereocenters. The van der Waals surface area contributed by atoms with Crippen molar-refractivity contribution >= 4 is 55.8 Å². The monoisotopic (exact) mass is 576 g/mol. The van der Waals surface area contributed by atoms with Crippen LogP contribution in [-0.2, 0) is 16.6 Å². The summed E-state index contributed by atoms with van der Waals surface area (Å²) in [6.07, 6.45) is 0. The van der Waals surface area contributed by atoms with E-state index in [4.69, 9.17) is 11.6 Å².